The van der Waals surface area contributed by atoms with Crippen molar-refractivity contribution in [1.29, 1.82) is 0 Å². The predicted octanol–water partition coefficient (Wildman–Crippen LogP) is 4.56. The first kappa shape index (κ1) is 14.1. The van der Waals surface area contributed by atoms with Gasteiger partial charge in [0.2, 0.25) is 0 Å². The molecule has 5 heteroatoms. The van der Waals surface area contributed by atoms with Crippen LogP contribution in [0.3, 0.4) is 0 Å². The van der Waals surface area contributed by atoms with Gasteiger partial charge in [-0.15, -0.1) is 0 Å². The summed E-state index contributed by atoms with van der Waals surface area (Å²) in [6, 6.07) is 11.1. The summed E-state index contributed by atoms with van der Waals surface area (Å²) in [6.45, 7) is 0.248. The predicted molar refractivity (Wildman–Crippen MR) is 79.4 cm³/mol. The Labute approximate surface area is 127 Å². The summed E-state index contributed by atoms with van der Waals surface area (Å²) in [4.78, 5) is 11.5. The van der Waals surface area contributed by atoms with Crippen LogP contribution < -0.4 is 0 Å². The molecule has 1 heterocycles. The van der Waals surface area contributed by atoms with E-state index in [1.54, 1.807) is 18.2 Å². The molecule has 1 aromatic carbocycles. The largest absolute Gasteiger partial charge is 0.458 e. The highest BCUT2D eigenvalue weighted by Crippen LogP contribution is 2.15. The number of esters is 1. The van der Waals surface area contributed by atoms with E-state index in [2.05, 4.69) is 31.9 Å². The standard InChI is InChI=1S/C14H10Br2O3/c15-11-3-1-10(2-4-11)9-18-14(17)8-6-12-5-7-13(16)19-12/h1-8H,9H2. The molecular formula is C14H10Br2O3. The van der Waals surface area contributed by atoms with Crippen LogP contribution in [0.2, 0.25) is 0 Å². The normalized spacial score (nSPS) is 10.8. The summed E-state index contributed by atoms with van der Waals surface area (Å²) in [5, 5.41) is 0. The van der Waals surface area contributed by atoms with Crippen LogP contribution in [-0.4, -0.2) is 5.97 Å². The molecule has 98 valence electrons. The number of carbonyl (C=O) groups is 1. The lowest BCUT2D eigenvalue weighted by atomic mass is 10.2. The van der Waals surface area contributed by atoms with Crippen molar-refractivity contribution in [1.82, 2.24) is 0 Å². The summed E-state index contributed by atoms with van der Waals surface area (Å²) >= 11 is 6.53. The molecule has 0 aliphatic carbocycles. The Balaban J connectivity index is 1.84. The molecule has 0 unspecified atom stereocenters. The number of hydrogen-bond donors (Lipinski definition) is 0. The fourth-order valence-corrected chi connectivity index (χ4v) is 1.93. The molecule has 19 heavy (non-hydrogen) atoms. The van der Waals surface area contributed by atoms with E-state index in [-0.39, 0.29) is 6.61 Å². The first-order chi connectivity index (χ1) is 9.13. The molecule has 0 saturated carbocycles. The highest BCUT2D eigenvalue weighted by atomic mass is 79.9. The molecule has 0 saturated heterocycles. The van der Waals surface area contributed by atoms with Gasteiger partial charge in [-0.05, 0) is 51.8 Å². The van der Waals surface area contributed by atoms with E-state index in [1.165, 1.54) is 6.08 Å². The van der Waals surface area contributed by atoms with Gasteiger partial charge in [0.1, 0.15) is 12.4 Å². The summed E-state index contributed by atoms with van der Waals surface area (Å²) in [5.41, 5.74) is 0.936. The molecule has 0 aliphatic heterocycles. The van der Waals surface area contributed by atoms with E-state index < -0.39 is 5.97 Å². The van der Waals surface area contributed by atoms with Crippen LogP contribution in [0.5, 0.6) is 0 Å². The Morgan fingerprint density at radius 2 is 1.89 bits per heavy atom. The minimum Gasteiger partial charge on any atom is -0.458 e. The smallest absolute Gasteiger partial charge is 0.331 e. The third kappa shape index (κ3) is 4.69. The second kappa shape index (κ2) is 6.73. The molecule has 0 fully saturated rings. The van der Waals surface area contributed by atoms with Crippen molar-refractivity contribution in [2.24, 2.45) is 0 Å². The van der Waals surface area contributed by atoms with E-state index in [9.17, 15) is 4.79 Å². The summed E-state index contributed by atoms with van der Waals surface area (Å²) in [5.74, 6) is 0.183. The van der Waals surface area contributed by atoms with Gasteiger partial charge in [-0.3, -0.25) is 0 Å². The number of hydrogen-bond acceptors (Lipinski definition) is 3. The quantitative estimate of drug-likeness (QED) is 0.572. The van der Waals surface area contributed by atoms with E-state index in [1.807, 2.05) is 24.3 Å². The van der Waals surface area contributed by atoms with Gasteiger partial charge < -0.3 is 9.15 Å². The van der Waals surface area contributed by atoms with Crippen LogP contribution in [0.1, 0.15) is 11.3 Å². The van der Waals surface area contributed by atoms with Crippen LogP contribution in [0.15, 0.2) is 56.0 Å². The fourth-order valence-electron chi connectivity index (χ4n) is 1.35. The lowest BCUT2D eigenvalue weighted by molar-refractivity contribution is -0.138. The third-order valence-electron chi connectivity index (χ3n) is 2.27. The SMILES string of the molecule is O=C(C=Cc1ccc(Br)o1)OCc1ccc(Br)cc1. The van der Waals surface area contributed by atoms with Crippen molar-refractivity contribution in [3.8, 4) is 0 Å². The monoisotopic (exact) mass is 384 g/mol. The maximum Gasteiger partial charge on any atom is 0.331 e. The topological polar surface area (TPSA) is 39.4 Å². The van der Waals surface area contributed by atoms with Gasteiger partial charge in [0.05, 0.1) is 0 Å². The average Bonchev–Trinajstić information content (AvgIpc) is 2.81. The van der Waals surface area contributed by atoms with Crippen LogP contribution in [0, 0.1) is 0 Å². The Hall–Kier alpha value is -1.33. The lowest BCUT2D eigenvalue weighted by Crippen LogP contribution is -2.00. The zero-order chi connectivity index (χ0) is 13.7. The van der Waals surface area contributed by atoms with Crippen LogP contribution in [0.25, 0.3) is 6.08 Å². The number of halogens is 2. The Morgan fingerprint density at radius 3 is 2.53 bits per heavy atom. The highest BCUT2D eigenvalue weighted by Gasteiger charge is 2.00. The van der Waals surface area contributed by atoms with Crippen molar-refractivity contribution in [2.75, 3.05) is 0 Å². The highest BCUT2D eigenvalue weighted by molar-refractivity contribution is 9.10. The summed E-state index contributed by atoms with van der Waals surface area (Å²) in [6.07, 6.45) is 2.90. The number of benzene rings is 1. The Kier molecular flexibility index (Phi) is 4.99. The van der Waals surface area contributed by atoms with Crippen LogP contribution in [0.4, 0.5) is 0 Å². The van der Waals surface area contributed by atoms with Crippen LogP contribution in [-0.2, 0) is 16.1 Å². The zero-order valence-electron chi connectivity index (χ0n) is 9.81. The van der Waals surface area contributed by atoms with Gasteiger partial charge >= 0.3 is 5.97 Å². The first-order valence-electron chi connectivity index (χ1n) is 5.48. The third-order valence-corrected chi connectivity index (χ3v) is 3.23. The molecule has 3 nitrogen and oxygen atoms in total. The molecular weight excluding hydrogens is 376 g/mol. The maximum atomic E-state index is 11.5. The van der Waals surface area contributed by atoms with E-state index in [0.717, 1.165) is 10.0 Å². The average molecular weight is 386 g/mol. The second-order valence-corrected chi connectivity index (χ2v) is 5.41. The molecule has 0 radical (unpaired) electrons. The maximum absolute atomic E-state index is 11.5. The molecule has 0 spiro atoms. The second-order valence-electron chi connectivity index (χ2n) is 3.71. The lowest BCUT2D eigenvalue weighted by Gasteiger charge is -2.01. The van der Waals surface area contributed by atoms with Gasteiger partial charge in [-0.1, -0.05) is 28.1 Å². The van der Waals surface area contributed by atoms with Gasteiger partial charge in [0.15, 0.2) is 4.67 Å². The number of carbonyl (C=O) groups excluding carboxylic acids is 1. The molecule has 2 rings (SSSR count). The van der Waals surface area contributed by atoms with E-state index in [0.29, 0.717) is 10.4 Å². The summed E-state index contributed by atoms with van der Waals surface area (Å²) < 4.78 is 11.9. The first-order valence-corrected chi connectivity index (χ1v) is 7.07. The minimum absolute atomic E-state index is 0.248. The molecule has 0 aliphatic rings. The van der Waals surface area contributed by atoms with Crippen molar-refractivity contribution >= 4 is 43.9 Å². The van der Waals surface area contributed by atoms with Crippen molar-refractivity contribution in [3.05, 3.63) is 62.9 Å². The Bertz CT molecular complexity index is 585. The van der Waals surface area contributed by atoms with Gasteiger partial charge in [0.25, 0.3) is 0 Å². The zero-order valence-corrected chi connectivity index (χ0v) is 13.0. The van der Waals surface area contributed by atoms with Gasteiger partial charge in [-0.25, -0.2) is 4.79 Å². The Morgan fingerprint density at radius 1 is 1.16 bits per heavy atom. The van der Waals surface area contributed by atoms with Crippen molar-refractivity contribution in [3.63, 3.8) is 0 Å². The van der Waals surface area contributed by atoms with Gasteiger partial charge in [0, 0.05) is 10.5 Å². The van der Waals surface area contributed by atoms with E-state index in [4.69, 9.17) is 9.15 Å². The summed E-state index contributed by atoms with van der Waals surface area (Å²) in [7, 11) is 0. The molecule has 2 aromatic rings. The van der Waals surface area contributed by atoms with E-state index >= 15 is 0 Å². The molecule has 0 amide bonds. The van der Waals surface area contributed by atoms with Crippen LogP contribution >= 0.6 is 31.9 Å². The molecule has 0 N–H and O–H groups in total. The molecule has 1 aromatic heterocycles. The van der Waals surface area contributed by atoms with Crippen molar-refractivity contribution < 1.29 is 13.9 Å². The molecule has 0 bridgehead atoms. The number of ether oxygens (including phenoxy) is 1. The van der Waals surface area contributed by atoms with Crippen molar-refractivity contribution in [2.45, 2.75) is 6.61 Å². The molecule has 0 atom stereocenters. The number of furan rings is 1. The number of rotatable bonds is 4. The minimum atomic E-state index is -0.407. The van der Waals surface area contributed by atoms with Gasteiger partial charge in [-0.2, -0.15) is 0 Å². The fraction of sp³-hybridized carbons (Fsp3) is 0.0714.